The maximum atomic E-state index is 5.71. The Labute approximate surface area is 87.7 Å². The molecule has 15 heavy (non-hydrogen) atoms. The molecule has 4 heteroatoms. The molecule has 0 amide bonds. The largest absolute Gasteiger partial charge is 0.399 e. The Morgan fingerprint density at radius 2 is 2.20 bits per heavy atom. The molecule has 3 rings (SSSR count). The van der Waals surface area contributed by atoms with Crippen LogP contribution in [0.15, 0.2) is 30.6 Å². The lowest BCUT2D eigenvalue weighted by molar-refractivity contribution is 0.835. The van der Waals surface area contributed by atoms with Crippen molar-refractivity contribution >= 4 is 5.69 Å². The third-order valence-corrected chi connectivity index (χ3v) is 2.59. The van der Waals surface area contributed by atoms with Crippen LogP contribution in [0.3, 0.4) is 0 Å². The van der Waals surface area contributed by atoms with Gasteiger partial charge in [-0.2, -0.15) is 5.10 Å². The molecule has 1 heterocycles. The Morgan fingerprint density at radius 3 is 2.93 bits per heavy atom. The van der Waals surface area contributed by atoms with Gasteiger partial charge in [0, 0.05) is 11.6 Å². The number of benzene rings is 1. The summed E-state index contributed by atoms with van der Waals surface area (Å²) in [6.45, 7) is 0. The van der Waals surface area contributed by atoms with Gasteiger partial charge in [0.25, 0.3) is 0 Å². The highest BCUT2D eigenvalue weighted by Crippen LogP contribution is 2.37. The van der Waals surface area contributed by atoms with E-state index in [1.165, 1.54) is 12.8 Å². The summed E-state index contributed by atoms with van der Waals surface area (Å²) in [7, 11) is 0. The molecule has 0 bridgehead atoms. The van der Waals surface area contributed by atoms with E-state index in [9.17, 15) is 0 Å². The SMILES string of the molecule is Nc1cccc(-n2cnc(C3CC3)n2)c1. The number of nitrogens with two attached hydrogens (primary N) is 1. The van der Waals surface area contributed by atoms with Crippen molar-refractivity contribution in [2.24, 2.45) is 0 Å². The lowest BCUT2D eigenvalue weighted by Crippen LogP contribution is -1.96. The van der Waals surface area contributed by atoms with Crippen LogP contribution in [0.1, 0.15) is 24.6 Å². The average molecular weight is 200 g/mol. The average Bonchev–Trinajstić information content (AvgIpc) is 2.97. The van der Waals surface area contributed by atoms with E-state index in [0.29, 0.717) is 5.92 Å². The number of hydrogen-bond acceptors (Lipinski definition) is 3. The fraction of sp³-hybridized carbons (Fsp3) is 0.273. The quantitative estimate of drug-likeness (QED) is 0.751. The fourth-order valence-corrected chi connectivity index (χ4v) is 1.60. The van der Waals surface area contributed by atoms with Crippen LogP contribution >= 0.6 is 0 Å². The van der Waals surface area contributed by atoms with Crippen molar-refractivity contribution in [3.63, 3.8) is 0 Å². The van der Waals surface area contributed by atoms with Crippen molar-refractivity contribution in [1.29, 1.82) is 0 Å². The molecule has 1 aromatic heterocycles. The molecule has 76 valence electrons. The first-order valence-corrected chi connectivity index (χ1v) is 5.10. The van der Waals surface area contributed by atoms with Gasteiger partial charge >= 0.3 is 0 Å². The van der Waals surface area contributed by atoms with Gasteiger partial charge in [-0.05, 0) is 31.0 Å². The van der Waals surface area contributed by atoms with Crippen molar-refractivity contribution in [3.8, 4) is 5.69 Å². The highest BCUT2D eigenvalue weighted by Gasteiger charge is 2.27. The molecule has 1 aliphatic rings. The van der Waals surface area contributed by atoms with E-state index in [2.05, 4.69) is 10.1 Å². The highest BCUT2D eigenvalue weighted by atomic mass is 15.3. The van der Waals surface area contributed by atoms with Crippen molar-refractivity contribution in [1.82, 2.24) is 14.8 Å². The second-order valence-electron chi connectivity index (χ2n) is 3.92. The van der Waals surface area contributed by atoms with Gasteiger partial charge in [0.05, 0.1) is 5.69 Å². The lowest BCUT2D eigenvalue weighted by atomic mass is 10.3. The molecule has 2 aromatic rings. The molecule has 4 nitrogen and oxygen atoms in total. The predicted octanol–water partition coefficient (Wildman–Crippen LogP) is 1.73. The van der Waals surface area contributed by atoms with Gasteiger partial charge in [-0.1, -0.05) is 6.07 Å². The first-order chi connectivity index (χ1) is 7.33. The van der Waals surface area contributed by atoms with Crippen LogP contribution in [0, 0.1) is 0 Å². The van der Waals surface area contributed by atoms with Gasteiger partial charge in [-0.15, -0.1) is 0 Å². The summed E-state index contributed by atoms with van der Waals surface area (Å²) < 4.78 is 1.78. The van der Waals surface area contributed by atoms with Crippen LogP contribution in [0.25, 0.3) is 5.69 Å². The van der Waals surface area contributed by atoms with Crippen LogP contribution in [0.4, 0.5) is 5.69 Å². The summed E-state index contributed by atoms with van der Waals surface area (Å²) in [5.74, 6) is 1.55. The minimum atomic E-state index is 0.590. The number of nitrogens with zero attached hydrogens (tertiary/aromatic N) is 3. The minimum absolute atomic E-state index is 0.590. The molecule has 0 aliphatic heterocycles. The topological polar surface area (TPSA) is 56.7 Å². The molecule has 1 fully saturated rings. The van der Waals surface area contributed by atoms with Crippen LogP contribution in [0.2, 0.25) is 0 Å². The van der Waals surface area contributed by atoms with Crippen LogP contribution < -0.4 is 5.73 Å². The first kappa shape index (κ1) is 8.47. The van der Waals surface area contributed by atoms with E-state index in [1.54, 1.807) is 11.0 Å². The molecule has 1 aromatic carbocycles. The summed E-state index contributed by atoms with van der Waals surface area (Å²) in [4.78, 5) is 4.30. The smallest absolute Gasteiger partial charge is 0.154 e. The zero-order chi connectivity index (χ0) is 10.3. The van der Waals surface area contributed by atoms with Crippen LogP contribution in [0.5, 0.6) is 0 Å². The highest BCUT2D eigenvalue weighted by molar-refractivity contribution is 5.46. The third-order valence-electron chi connectivity index (χ3n) is 2.59. The van der Waals surface area contributed by atoms with Gasteiger partial charge in [-0.3, -0.25) is 0 Å². The van der Waals surface area contributed by atoms with Gasteiger partial charge in [0.2, 0.25) is 0 Å². The van der Waals surface area contributed by atoms with E-state index in [1.807, 2.05) is 24.3 Å². The van der Waals surface area contributed by atoms with Crippen molar-refractivity contribution in [2.75, 3.05) is 5.73 Å². The van der Waals surface area contributed by atoms with Crippen molar-refractivity contribution in [3.05, 3.63) is 36.4 Å². The Bertz CT molecular complexity index is 485. The molecule has 0 saturated heterocycles. The van der Waals surface area contributed by atoms with Gasteiger partial charge in [-0.25, -0.2) is 9.67 Å². The normalized spacial score (nSPS) is 15.5. The summed E-state index contributed by atoms with van der Waals surface area (Å²) in [5.41, 5.74) is 7.43. The van der Waals surface area contributed by atoms with Crippen molar-refractivity contribution in [2.45, 2.75) is 18.8 Å². The maximum Gasteiger partial charge on any atom is 0.154 e. The van der Waals surface area contributed by atoms with Crippen LogP contribution in [-0.2, 0) is 0 Å². The number of hydrogen-bond donors (Lipinski definition) is 1. The zero-order valence-corrected chi connectivity index (χ0v) is 8.30. The number of anilines is 1. The molecule has 1 aliphatic carbocycles. The standard InChI is InChI=1S/C11H12N4/c12-9-2-1-3-10(6-9)15-7-13-11(14-15)8-4-5-8/h1-3,6-8H,4-5,12H2. The first-order valence-electron chi connectivity index (χ1n) is 5.10. The predicted molar refractivity (Wildman–Crippen MR) is 57.7 cm³/mol. The third kappa shape index (κ3) is 1.58. The Hall–Kier alpha value is -1.84. The lowest BCUT2D eigenvalue weighted by Gasteiger charge is -2.00. The summed E-state index contributed by atoms with van der Waals surface area (Å²) >= 11 is 0. The second-order valence-corrected chi connectivity index (χ2v) is 3.92. The molecule has 0 atom stereocenters. The van der Waals surface area contributed by atoms with Gasteiger partial charge in [0.15, 0.2) is 5.82 Å². The second kappa shape index (κ2) is 3.08. The number of nitrogen functional groups attached to an aromatic ring is 1. The Balaban J connectivity index is 1.97. The molecular formula is C11H12N4. The van der Waals surface area contributed by atoms with E-state index in [0.717, 1.165) is 17.2 Å². The number of rotatable bonds is 2. The van der Waals surface area contributed by atoms with E-state index in [4.69, 9.17) is 5.73 Å². The summed E-state index contributed by atoms with van der Waals surface area (Å²) in [6, 6.07) is 7.65. The number of aromatic nitrogens is 3. The molecule has 2 N–H and O–H groups in total. The molecule has 0 spiro atoms. The molecule has 0 radical (unpaired) electrons. The summed E-state index contributed by atoms with van der Waals surface area (Å²) in [6.07, 6.45) is 4.20. The maximum absolute atomic E-state index is 5.71. The van der Waals surface area contributed by atoms with E-state index >= 15 is 0 Å². The van der Waals surface area contributed by atoms with Crippen LogP contribution in [-0.4, -0.2) is 14.8 Å². The molecule has 1 saturated carbocycles. The summed E-state index contributed by atoms with van der Waals surface area (Å²) in [5, 5.41) is 4.43. The molecule has 0 unspecified atom stereocenters. The Morgan fingerprint density at radius 1 is 1.33 bits per heavy atom. The van der Waals surface area contributed by atoms with Gasteiger partial charge < -0.3 is 5.73 Å². The van der Waals surface area contributed by atoms with E-state index in [-0.39, 0.29) is 0 Å². The minimum Gasteiger partial charge on any atom is -0.399 e. The van der Waals surface area contributed by atoms with E-state index < -0.39 is 0 Å². The zero-order valence-electron chi connectivity index (χ0n) is 8.30. The monoisotopic (exact) mass is 200 g/mol. The van der Waals surface area contributed by atoms with Gasteiger partial charge in [0.1, 0.15) is 6.33 Å². The molecular weight excluding hydrogens is 188 g/mol. The fourth-order valence-electron chi connectivity index (χ4n) is 1.60. The van der Waals surface area contributed by atoms with Crippen molar-refractivity contribution < 1.29 is 0 Å². The Kier molecular flexibility index (Phi) is 1.74.